The van der Waals surface area contributed by atoms with Gasteiger partial charge in [-0.25, -0.2) is 14.8 Å². The van der Waals surface area contributed by atoms with Gasteiger partial charge in [-0.05, 0) is 0 Å². The van der Waals surface area contributed by atoms with Gasteiger partial charge in [-0.3, -0.25) is 9.55 Å². The quantitative estimate of drug-likeness (QED) is 0.585. The van der Waals surface area contributed by atoms with Gasteiger partial charge >= 0.3 is 5.69 Å². The summed E-state index contributed by atoms with van der Waals surface area (Å²) in [5, 5.41) is 0.285. The zero-order chi connectivity index (χ0) is 11.0. The number of aromatic nitrogens is 4. The number of hydrogen-bond donors (Lipinski definition) is 1. The molecule has 2 aromatic heterocycles. The summed E-state index contributed by atoms with van der Waals surface area (Å²) in [5.74, 6) is 0. The van der Waals surface area contributed by atoms with Gasteiger partial charge in [-0.2, -0.15) is 8.42 Å². The van der Waals surface area contributed by atoms with E-state index >= 15 is 0 Å². The summed E-state index contributed by atoms with van der Waals surface area (Å²) in [6, 6.07) is 0. The van der Waals surface area contributed by atoms with Crippen LogP contribution in [0.25, 0.3) is 11.0 Å². The molecule has 0 fully saturated rings. The summed E-state index contributed by atoms with van der Waals surface area (Å²) < 4.78 is 22.7. The number of aryl methyl sites for hydroxylation is 1. The van der Waals surface area contributed by atoms with Crippen molar-refractivity contribution < 1.29 is 8.42 Å². The Bertz CT molecular complexity index is 748. The molecule has 2 heterocycles. The molecule has 1 N–H and O–H groups in total. The van der Waals surface area contributed by atoms with Crippen molar-refractivity contribution in [2.24, 2.45) is 7.05 Å². The van der Waals surface area contributed by atoms with E-state index < -0.39 is 16.0 Å². The maximum absolute atomic E-state index is 11.3. The highest BCUT2D eigenvalue weighted by atomic mass is 32.2. The van der Waals surface area contributed by atoms with Crippen LogP contribution in [0.3, 0.4) is 0 Å². The zero-order valence-electron chi connectivity index (χ0n) is 7.63. The Kier molecular flexibility index (Phi) is 2.12. The fourth-order valence-electron chi connectivity index (χ4n) is 1.23. The van der Waals surface area contributed by atoms with E-state index in [-0.39, 0.29) is 15.7 Å². The lowest BCUT2D eigenvalue weighted by atomic mass is 10.4. The second kappa shape index (κ2) is 3.31. The Hall–Kier alpha value is -1.96. The molecule has 8 heteroatoms. The van der Waals surface area contributed by atoms with Gasteiger partial charge in [0.05, 0.1) is 5.39 Å². The molecule has 0 aliphatic heterocycles. The standard InChI is InChI=1S/C7H6N4O3S/c1-11-5-4(2-8-3-9-5)6(15(13)14)10-7(11)12/h2-3H,1H3,(H,10,12). The van der Waals surface area contributed by atoms with E-state index in [1.165, 1.54) is 24.1 Å². The summed E-state index contributed by atoms with van der Waals surface area (Å²) in [6.07, 6.45) is 2.59. The van der Waals surface area contributed by atoms with Crippen molar-refractivity contribution in [2.45, 2.75) is 0 Å². The summed E-state index contributed by atoms with van der Waals surface area (Å²) in [6.45, 7) is 0. The van der Waals surface area contributed by atoms with Gasteiger partial charge in [0.25, 0.3) is 0 Å². The van der Waals surface area contributed by atoms with Crippen LogP contribution in [0.2, 0.25) is 0 Å². The van der Waals surface area contributed by atoms with E-state index in [0.717, 1.165) is 0 Å². The van der Waals surface area contributed by atoms with E-state index in [0.29, 0.717) is 0 Å². The van der Waals surface area contributed by atoms with E-state index in [1.54, 1.807) is 0 Å². The minimum absolute atomic E-state index is 0.200. The zero-order valence-corrected chi connectivity index (χ0v) is 8.45. The molecule has 0 radical (unpaired) electrons. The number of aromatic amines is 1. The van der Waals surface area contributed by atoms with E-state index in [4.69, 9.17) is 0 Å². The lowest BCUT2D eigenvalue weighted by Crippen LogP contribution is -2.21. The van der Waals surface area contributed by atoms with Crippen LogP contribution in [0.1, 0.15) is 0 Å². The highest BCUT2D eigenvalue weighted by molar-refractivity contribution is 7.64. The SMILES string of the molecule is Cn1c(=O)[nH]c(=S(=O)=O)c2cncnc21. The highest BCUT2D eigenvalue weighted by Gasteiger charge is 2.04. The third-order valence-electron chi connectivity index (χ3n) is 1.95. The van der Waals surface area contributed by atoms with E-state index in [9.17, 15) is 13.2 Å². The molecule has 0 aliphatic carbocycles. The third kappa shape index (κ3) is 1.44. The van der Waals surface area contributed by atoms with Crippen molar-refractivity contribution in [3.8, 4) is 0 Å². The van der Waals surface area contributed by atoms with Gasteiger partial charge in [-0.1, -0.05) is 0 Å². The van der Waals surface area contributed by atoms with Crippen LogP contribution in [0.15, 0.2) is 17.3 Å². The normalized spacial score (nSPS) is 10.5. The van der Waals surface area contributed by atoms with E-state index in [2.05, 4.69) is 15.0 Å². The minimum Gasteiger partial charge on any atom is -0.294 e. The third-order valence-corrected chi connectivity index (χ3v) is 2.60. The molecular weight excluding hydrogens is 220 g/mol. The Balaban J connectivity index is 3.33. The van der Waals surface area contributed by atoms with Crippen LogP contribution in [-0.4, -0.2) is 27.9 Å². The highest BCUT2D eigenvalue weighted by Crippen LogP contribution is 2.04. The maximum atomic E-state index is 11.3. The largest absolute Gasteiger partial charge is 0.328 e. The van der Waals surface area contributed by atoms with Crippen molar-refractivity contribution in [1.82, 2.24) is 19.5 Å². The van der Waals surface area contributed by atoms with Crippen molar-refractivity contribution in [3.63, 3.8) is 0 Å². The summed E-state index contributed by atoms with van der Waals surface area (Å²) in [5.41, 5.74) is -0.270. The molecule has 7 nitrogen and oxygen atoms in total. The molecule has 15 heavy (non-hydrogen) atoms. The number of H-pyrrole nitrogens is 1. The molecule has 0 bridgehead atoms. The summed E-state index contributed by atoms with van der Waals surface area (Å²) in [4.78, 5) is 21.1. The molecule has 0 saturated carbocycles. The molecule has 0 unspecified atom stereocenters. The lowest BCUT2D eigenvalue weighted by Gasteiger charge is -2.00. The van der Waals surface area contributed by atoms with Crippen LogP contribution >= 0.6 is 0 Å². The van der Waals surface area contributed by atoms with Crippen LogP contribution in [0.4, 0.5) is 0 Å². The average molecular weight is 226 g/mol. The number of hydrogen-bond acceptors (Lipinski definition) is 5. The first-order valence-electron chi connectivity index (χ1n) is 3.92. The number of nitrogens with one attached hydrogen (secondary N) is 1. The molecule has 78 valence electrons. The van der Waals surface area contributed by atoms with Gasteiger partial charge in [0.1, 0.15) is 12.0 Å². The topological polar surface area (TPSA) is 97.7 Å². The fraction of sp³-hybridized carbons (Fsp3) is 0.143. The molecule has 2 rings (SSSR count). The predicted molar refractivity (Wildman–Crippen MR) is 51.3 cm³/mol. The van der Waals surface area contributed by atoms with Crippen molar-refractivity contribution in [1.29, 1.82) is 0 Å². The number of fused-ring (bicyclic) bond motifs is 1. The summed E-state index contributed by atoms with van der Waals surface area (Å²) >= 11 is 0. The molecule has 0 aliphatic rings. The molecule has 0 atom stereocenters. The second-order valence-corrected chi connectivity index (χ2v) is 3.69. The first-order valence-corrected chi connectivity index (χ1v) is 5.00. The Morgan fingerprint density at radius 3 is 2.87 bits per heavy atom. The Morgan fingerprint density at radius 2 is 2.20 bits per heavy atom. The molecular formula is C7H6N4O3S. The summed E-state index contributed by atoms with van der Waals surface area (Å²) in [7, 11) is -1.03. The smallest absolute Gasteiger partial charge is 0.294 e. The molecule has 0 amide bonds. The van der Waals surface area contributed by atoms with Crippen LogP contribution in [-0.2, 0) is 17.3 Å². The van der Waals surface area contributed by atoms with Gasteiger partial charge in [0, 0.05) is 13.2 Å². The Morgan fingerprint density at radius 1 is 1.47 bits per heavy atom. The van der Waals surface area contributed by atoms with Crippen molar-refractivity contribution >= 4 is 21.3 Å². The second-order valence-electron chi connectivity index (χ2n) is 2.81. The Labute approximate surface area is 84.6 Å². The van der Waals surface area contributed by atoms with Crippen LogP contribution < -0.4 is 5.69 Å². The molecule has 0 spiro atoms. The van der Waals surface area contributed by atoms with Gasteiger partial charge in [-0.15, -0.1) is 0 Å². The monoisotopic (exact) mass is 226 g/mol. The first-order chi connectivity index (χ1) is 7.11. The molecule has 0 aromatic carbocycles. The van der Waals surface area contributed by atoms with Crippen molar-refractivity contribution in [3.05, 3.63) is 27.6 Å². The van der Waals surface area contributed by atoms with Crippen LogP contribution in [0.5, 0.6) is 0 Å². The lowest BCUT2D eigenvalue weighted by molar-refractivity contribution is 0.624. The van der Waals surface area contributed by atoms with Gasteiger partial charge in [0.2, 0.25) is 10.3 Å². The molecule has 0 saturated heterocycles. The average Bonchev–Trinajstić information content (AvgIpc) is 2.23. The maximum Gasteiger partial charge on any atom is 0.328 e. The van der Waals surface area contributed by atoms with Gasteiger partial charge < -0.3 is 0 Å². The van der Waals surface area contributed by atoms with E-state index in [1.807, 2.05) is 0 Å². The minimum atomic E-state index is -2.52. The molecule has 2 aromatic rings. The predicted octanol–water partition coefficient (Wildman–Crippen LogP) is -0.932. The van der Waals surface area contributed by atoms with Gasteiger partial charge in [0.15, 0.2) is 4.64 Å². The number of nitrogens with zero attached hydrogens (tertiary/aromatic N) is 3. The fourth-order valence-corrected chi connectivity index (χ4v) is 1.72. The number of rotatable bonds is 0. The first kappa shape index (κ1) is 9.59. The van der Waals surface area contributed by atoms with Crippen molar-refractivity contribution in [2.75, 3.05) is 0 Å². The van der Waals surface area contributed by atoms with Crippen LogP contribution in [0, 0.1) is 4.64 Å².